The lowest BCUT2D eigenvalue weighted by Crippen LogP contribution is -2.26. The second kappa shape index (κ2) is 6.65. The van der Waals surface area contributed by atoms with Crippen molar-refractivity contribution in [3.8, 4) is 5.75 Å². The van der Waals surface area contributed by atoms with Crippen LogP contribution in [0, 0.1) is 0 Å². The maximum absolute atomic E-state index is 5.73. The van der Waals surface area contributed by atoms with Crippen LogP contribution in [0.3, 0.4) is 0 Å². The van der Waals surface area contributed by atoms with Crippen molar-refractivity contribution >= 4 is 11.6 Å². The zero-order chi connectivity index (χ0) is 10.2. The Morgan fingerprint density at radius 3 is 2.57 bits per heavy atom. The number of hydrogen-bond acceptors (Lipinski definition) is 3. The second-order valence-electron chi connectivity index (χ2n) is 2.84. The van der Waals surface area contributed by atoms with Gasteiger partial charge in [0.05, 0.1) is 0 Å². The van der Waals surface area contributed by atoms with Gasteiger partial charge < -0.3 is 15.8 Å². The average molecular weight is 215 g/mol. The summed E-state index contributed by atoms with van der Waals surface area (Å²) in [5, 5.41) is 3.86. The first-order valence-electron chi connectivity index (χ1n) is 4.62. The lowest BCUT2D eigenvalue weighted by atomic mass is 10.3. The molecule has 1 rings (SSSR count). The van der Waals surface area contributed by atoms with Crippen LogP contribution in [0.1, 0.15) is 0 Å². The molecule has 78 valence electrons. The molecule has 14 heavy (non-hydrogen) atoms. The van der Waals surface area contributed by atoms with Crippen LogP contribution >= 0.6 is 11.6 Å². The fraction of sp³-hybridized carbons (Fsp3) is 0.400. The van der Waals surface area contributed by atoms with E-state index in [0.717, 1.165) is 23.9 Å². The van der Waals surface area contributed by atoms with Crippen molar-refractivity contribution in [1.29, 1.82) is 0 Å². The van der Waals surface area contributed by atoms with Gasteiger partial charge in [0.15, 0.2) is 0 Å². The summed E-state index contributed by atoms with van der Waals surface area (Å²) in [4.78, 5) is 0. The van der Waals surface area contributed by atoms with E-state index in [1.807, 2.05) is 24.3 Å². The van der Waals surface area contributed by atoms with Crippen LogP contribution in [0.2, 0.25) is 5.02 Å². The normalized spacial score (nSPS) is 10.1. The molecule has 0 unspecified atom stereocenters. The molecule has 0 saturated carbocycles. The first-order chi connectivity index (χ1) is 6.83. The summed E-state index contributed by atoms with van der Waals surface area (Å²) in [7, 11) is 0. The molecule has 3 N–H and O–H groups in total. The fourth-order valence-corrected chi connectivity index (χ4v) is 1.12. The van der Waals surface area contributed by atoms with Gasteiger partial charge in [-0.25, -0.2) is 0 Å². The number of ether oxygens (including phenoxy) is 1. The third-order valence-electron chi connectivity index (χ3n) is 1.68. The van der Waals surface area contributed by atoms with Gasteiger partial charge in [-0.05, 0) is 24.3 Å². The molecule has 0 saturated heterocycles. The Labute approximate surface area is 89.2 Å². The number of hydrogen-bond donors (Lipinski definition) is 2. The van der Waals surface area contributed by atoms with Crippen LogP contribution in [0.5, 0.6) is 5.75 Å². The Kier molecular flexibility index (Phi) is 5.37. The van der Waals surface area contributed by atoms with Crippen molar-refractivity contribution in [1.82, 2.24) is 5.32 Å². The summed E-state index contributed by atoms with van der Waals surface area (Å²) in [5.74, 6) is 0.837. The molecule has 0 aliphatic carbocycles. The molecule has 0 atom stereocenters. The van der Waals surface area contributed by atoms with E-state index in [1.54, 1.807) is 0 Å². The highest BCUT2D eigenvalue weighted by molar-refractivity contribution is 6.30. The van der Waals surface area contributed by atoms with E-state index < -0.39 is 0 Å². The molecule has 0 aliphatic rings. The van der Waals surface area contributed by atoms with Crippen molar-refractivity contribution in [3.63, 3.8) is 0 Å². The van der Waals surface area contributed by atoms with E-state index >= 15 is 0 Å². The van der Waals surface area contributed by atoms with Gasteiger partial charge in [-0.1, -0.05) is 11.6 Å². The number of halogens is 1. The average Bonchev–Trinajstić information content (AvgIpc) is 2.21. The lowest BCUT2D eigenvalue weighted by Gasteiger charge is -2.06. The maximum atomic E-state index is 5.73. The number of nitrogens with two attached hydrogens (primary N) is 1. The Bertz CT molecular complexity index is 251. The second-order valence-corrected chi connectivity index (χ2v) is 3.28. The number of nitrogens with one attached hydrogen (secondary N) is 1. The molecule has 0 bridgehead atoms. The minimum Gasteiger partial charge on any atom is -0.492 e. The van der Waals surface area contributed by atoms with Crippen LogP contribution in [0.25, 0.3) is 0 Å². The summed E-state index contributed by atoms with van der Waals surface area (Å²) in [6, 6.07) is 7.32. The van der Waals surface area contributed by atoms with E-state index in [0.29, 0.717) is 13.2 Å². The van der Waals surface area contributed by atoms with Gasteiger partial charge in [0, 0.05) is 24.7 Å². The van der Waals surface area contributed by atoms with Gasteiger partial charge in [0.25, 0.3) is 0 Å². The van der Waals surface area contributed by atoms with Crippen molar-refractivity contribution in [2.45, 2.75) is 0 Å². The fourth-order valence-electron chi connectivity index (χ4n) is 0.999. The Morgan fingerprint density at radius 1 is 1.21 bits per heavy atom. The van der Waals surface area contributed by atoms with Crippen molar-refractivity contribution in [2.75, 3.05) is 26.2 Å². The molecule has 0 spiro atoms. The molecule has 0 amide bonds. The quantitative estimate of drug-likeness (QED) is 0.702. The lowest BCUT2D eigenvalue weighted by molar-refractivity contribution is 0.315. The zero-order valence-electron chi connectivity index (χ0n) is 8.00. The zero-order valence-corrected chi connectivity index (χ0v) is 8.76. The molecule has 4 heteroatoms. The number of rotatable bonds is 6. The summed E-state index contributed by atoms with van der Waals surface area (Å²) < 4.78 is 5.45. The molecule has 0 heterocycles. The van der Waals surface area contributed by atoms with Crippen molar-refractivity contribution in [2.24, 2.45) is 5.73 Å². The standard InChI is InChI=1S/C10H15ClN2O/c11-9-1-3-10(4-2-9)14-8-7-13-6-5-12/h1-4,13H,5-8,12H2. The highest BCUT2D eigenvalue weighted by Gasteiger charge is 1.92. The molecule has 1 aromatic rings. The predicted octanol–water partition coefficient (Wildman–Crippen LogP) is 1.27. The molecule has 0 aromatic heterocycles. The van der Waals surface area contributed by atoms with Gasteiger partial charge in [0.1, 0.15) is 12.4 Å². The Balaban J connectivity index is 2.15. The van der Waals surface area contributed by atoms with E-state index in [2.05, 4.69) is 5.32 Å². The first kappa shape index (κ1) is 11.3. The summed E-state index contributed by atoms with van der Waals surface area (Å²) in [6.45, 7) is 2.92. The van der Waals surface area contributed by atoms with E-state index in [4.69, 9.17) is 22.1 Å². The van der Waals surface area contributed by atoms with E-state index in [-0.39, 0.29) is 0 Å². The molecule has 0 radical (unpaired) electrons. The third-order valence-corrected chi connectivity index (χ3v) is 1.93. The Hall–Kier alpha value is -0.770. The monoisotopic (exact) mass is 214 g/mol. The summed E-state index contributed by atoms with van der Waals surface area (Å²) >= 11 is 5.73. The molecule has 1 aromatic carbocycles. The van der Waals surface area contributed by atoms with Gasteiger partial charge in [-0.15, -0.1) is 0 Å². The van der Waals surface area contributed by atoms with Gasteiger partial charge in [-0.2, -0.15) is 0 Å². The number of benzene rings is 1. The van der Waals surface area contributed by atoms with Gasteiger partial charge in [-0.3, -0.25) is 0 Å². The van der Waals surface area contributed by atoms with Crippen LogP contribution in [0.15, 0.2) is 24.3 Å². The smallest absolute Gasteiger partial charge is 0.119 e. The summed E-state index contributed by atoms with van der Waals surface area (Å²) in [6.07, 6.45) is 0. The maximum Gasteiger partial charge on any atom is 0.119 e. The Morgan fingerprint density at radius 2 is 1.93 bits per heavy atom. The highest BCUT2D eigenvalue weighted by Crippen LogP contribution is 2.14. The van der Waals surface area contributed by atoms with Crippen molar-refractivity contribution in [3.05, 3.63) is 29.3 Å². The molecule has 3 nitrogen and oxygen atoms in total. The van der Waals surface area contributed by atoms with E-state index in [1.165, 1.54) is 0 Å². The minimum atomic E-state index is 0.641. The first-order valence-corrected chi connectivity index (χ1v) is 5.00. The van der Waals surface area contributed by atoms with Crippen LogP contribution in [0.4, 0.5) is 0 Å². The van der Waals surface area contributed by atoms with Gasteiger partial charge >= 0.3 is 0 Å². The van der Waals surface area contributed by atoms with Crippen LogP contribution in [-0.2, 0) is 0 Å². The topological polar surface area (TPSA) is 47.3 Å². The van der Waals surface area contributed by atoms with Gasteiger partial charge in [0.2, 0.25) is 0 Å². The van der Waals surface area contributed by atoms with Crippen LogP contribution in [-0.4, -0.2) is 26.2 Å². The molecule has 0 fully saturated rings. The molecular formula is C10H15ClN2O. The minimum absolute atomic E-state index is 0.641. The largest absolute Gasteiger partial charge is 0.492 e. The highest BCUT2D eigenvalue weighted by atomic mass is 35.5. The van der Waals surface area contributed by atoms with Crippen molar-refractivity contribution < 1.29 is 4.74 Å². The molecule has 0 aliphatic heterocycles. The third kappa shape index (κ3) is 4.46. The SMILES string of the molecule is NCCNCCOc1ccc(Cl)cc1. The molecular weight excluding hydrogens is 200 g/mol. The summed E-state index contributed by atoms with van der Waals surface area (Å²) in [5.41, 5.74) is 5.32. The predicted molar refractivity (Wildman–Crippen MR) is 58.9 cm³/mol. The van der Waals surface area contributed by atoms with E-state index in [9.17, 15) is 0 Å². The van der Waals surface area contributed by atoms with Crippen LogP contribution < -0.4 is 15.8 Å².